The Kier molecular flexibility index (Phi) is 3.57. The SMILES string of the molecule is CCC(C)C(CC)C1CC1CN. The second-order valence-corrected chi connectivity index (χ2v) is 4.35. The minimum Gasteiger partial charge on any atom is -0.330 e. The van der Waals surface area contributed by atoms with E-state index < -0.39 is 0 Å². The van der Waals surface area contributed by atoms with E-state index in [1.54, 1.807) is 0 Å². The van der Waals surface area contributed by atoms with Gasteiger partial charge in [-0.25, -0.2) is 0 Å². The highest BCUT2D eigenvalue weighted by Gasteiger charge is 2.42. The predicted octanol–water partition coefficient (Wildman–Crippen LogP) is 2.65. The molecule has 4 atom stereocenters. The van der Waals surface area contributed by atoms with Gasteiger partial charge < -0.3 is 5.73 Å². The molecule has 0 aliphatic heterocycles. The summed E-state index contributed by atoms with van der Waals surface area (Å²) in [5.41, 5.74) is 5.66. The highest BCUT2D eigenvalue weighted by molar-refractivity contribution is 4.92. The van der Waals surface area contributed by atoms with Crippen molar-refractivity contribution in [2.24, 2.45) is 29.4 Å². The zero-order valence-corrected chi connectivity index (χ0v) is 8.72. The Labute approximate surface area is 76.7 Å². The average Bonchev–Trinajstić information content (AvgIpc) is 2.85. The molecule has 2 N–H and O–H groups in total. The van der Waals surface area contributed by atoms with Gasteiger partial charge in [0.25, 0.3) is 0 Å². The number of hydrogen-bond acceptors (Lipinski definition) is 1. The lowest BCUT2D eigenvalue weighted by Crippen LogP contribution is -2.15. The molecular weight excluding hydrogens is 146 g/mol. The lowest BCUT2D eigenvalue weighted by Gasteiger charge is -2.21. The van der Waals surface area contributed by atoms with Crippen LogP contribution in [-0.4, -0.2) is 6.54 Å². The molecule has 0 aromatic rings. The van der Waals surface area contributed by atoms with Crippen molar-refractivity contribution >= 4 is 0 Å². The Bertz CT molecular complexity index is 133. The standard InChI is InChI=1S/C11H23N/c1-4-8(3)10(5-2)11-6-9(11)7-12/h8-11H,4-7,12H2,1-3H3. The lowest BCUT2D eigenvalue weighted by molar-refractivity contribution is 0.288. The van der Waals surface area contributed by atoms with Crippen LogP contribution in [0.3, 0.4) is 0 Å². The fourth-order valence-corrected chi connectivity index (χ4v) is 2.50. The number of nitrogens with two attached hydrogens (primary N) is 1. The molecule has 0 radical (unpaired) electrons. The van der Waals surface area contributed by atoms with E-state index in [1.807, 2.05) is 0 Å². The minimum absolute atomic E-state index is 0.865. The smallest absolute Gasteiger partial charge is 0.00460 e. The summed E-state index contributed by atoms with van der Waals surface area (Å²) in [5.74, 6) is 3.68. The molecule has 1 saturated carbocycles. The van der Waals surface area contributed by atoms with E-state index in [0.717, 1.165) is 30.2 Å². The topological polar surface area (TPSA) is 26.0 Å². The first-order valence-electron chi connectivity index (χ1n) is 5.44. The maximum Gasteiger partial charge on any atom is -0.00460 e. The van der Waals surface area contributed by atoms with Crippen LogP contribution in [0.4, 0.5) is 0 Å². The highest BCUT2D eigenvalue weighted by atomic mass is 14.6. The van der Waals surface area contributed by atoms with Gasteiger partial charge in [0.2, 0.25) is 0 Å². The van der Waals surface area contributed by atoms with Crippen LogP contribution >= 0.6 is 0 Å². The first kappa shape index (κ1) is 10.0. The average molecular weight is 169 g/mol. The zero-order chi connectivity index (χ0) is 9.14. The number of hydrogen-bond donors (Lipinski definition) is 1. The molecule has 4 unspecified atom stereocenters. The normalized spacial score (nSPS) is 33.0. The van der Waals surface area contributed by atoms with Gasteiger partial charge in [0.15, 0.2) is 0 Å². The Morgan fingerprint density at radius 3 is 2.33 bits per heavy atom. The first-order valence-corrected chi connectivity index (χ1v) is 5.44. The molecule has 1 aliphatic rings. The second kappa shape index (κ2) is 4.27. The molecule has 0 saturated heterocycles. The predicted molar refractivity (Wildman–Crippen MR) is 53.9 cm³/mol. The summed E-state index contributed by atoms with van der Waals surface area (Å²) in [4.78, 5) is 0. The molecule has 0 spiro atoms. The van der Waals surface area contributed by atoms with Gasteiger partial charge in [-0.2, -0.15) is 0 Å². The van der Waals surface area contributed by atoms with E-state index in [0.29, 0.717) is 0 Å². The van der Waals surface area contributed by atoms with E-state index in [4.69, 9.17) is 5.73 Å². The van der Waals surface area contributed by atoms with Crippen LogP contribution in [0.1, 0.15) is 40.0 Å². The van der Waals surface area contributed by atoms with Gasteiger partial charge in [0, 0.05) is 0 Å². The fourth-order valence-electron chi connectivity index (χ4n) is 2.50. The van der Waals surface area contributed by atoms with Crippen molar-refractivity contribution in [3.05, 3.63) is 0 Å². The lowest BCUT2D eigenvalue weighted by atomic mass is 9.85. The van der Waals surface area contributed by atoms with E-state index in [1.165, 1.54) is 19.3 Å². The van der Waals surface area contributed by atoms with Crippen molar-refractivity contribution in [1.82, 2.24) is 0 Å². The van der Waals surface area contributed by atoms with Crippen molar-refractivity contribution < 1.29 is 0 Å². The molecule has 0 aromatic heterocycles. The Balaban J connectivity index is 2.36. The van der Waals surface area contributed by atoms with Crippen molar-refractivity contribution in [3.63, 3.8) is 0 Å². The van der Waals surface area contributed by atoms with Crippen LogP contribution in [0.25, 0.3) is 0 Å². The van der Waals surface area contributed by atoms with E-state index in [2.05, 4.69) is 20.8 Å². The molecule has 0 heterocycles. The summed E-state index contributed by atoms with van der Waals surface area (Å²) in [6.07, 6.45) is 4.07. The van der Waals surface area contributed by atoms with Gasteiger partial charge in [0.1, 0.15) is 0 Å². The van der Waals surface area contributed by atoms with Gasteiger partial charge in [-0.15, -0.1) is 0 Å². The van der Waals surface area contributed by atoms with Gasteiger partial charge in [-0.1, -0.05) is 33.6 Å². The van der Waals surface area contributed by atoms with Gasteiger partial charge in [-0.05, 0) is 36.6 Å². The Hall–Kier alpha value is -0.0400. The monoisotopic (exact) mass is 169 g/mol. The molecule has 0 aromatic carbocycles. The van der Waals surface area contributed by atoms with Crippen LogP contribution in [0.2, 0.25) is 0 Å². The third-order valence-corrected chi connectivity index (χ3v) is 3.68. The molecule has 1 rings (SSSR count). The molecule has 72 valence electrons. The number of rotatable bonds is 5. The Morgan fingerprint density at radius 1 is 1.33 bits per heavy atom. The minimum atomic E-state index is 0.865. The summed E-state index contributed by atoms with van der Waals surface area (Å²) >= 11 is 0. The second-order valence-electron chi connectivity index (χ2n) is 4.35. The van der Waals surface area contributed by atoms with Crippen LogP contribution in [0, 0.1) is 23.7 Å². The van der Waals surface area contributed by atoms with Crippen molar-refractivity contribution in [1.29, 1.82) is 0 Å². The van der Waals surface area contributed by atoms with Crippen molar-refractivity contribution in [3.8, 4) is 0 Å². The van der Waals surface area contributed by atoms with Gasteiger partial charge in [0.05, 0.1) is 0 Å². The third-order valence-electron chi connectivity index (χ3n) is 3.68. The van der Waals surface area contributed by atoms with E-state index >= 15 is 0 Å². The summed E-state index contributed by atoms with van der Waals surface area (Å²) in [5, 5.41) is 0. The summed E-state index contributed by atoms with van der Waals surface area (Å²) in [7, 11) is 0. The zero-order valence-electron chi connectivity index (χ0n) is 8.72. The molecule has 1 heteroatoms. The maximum absolute atomic E-state index is 5.66. The molecule has 0 bridgehead atoms. The summed E-state index contributed by atoms with van der Waals surface area (Å²) in [6, 6.07) is 0. The van der Waals surface area contributed by atoms with Crippen LogP contribution in [0.5, 0.6) is 0 Å². The molecule has 12 heavy (non-hydrogen) atoms. The molecule has 1 aliphatic carbocycles. The van der Waals surface area contributed by atoms with E-state index in [9.17, 15) is 0 Å². The van der Waals surface area contributed by atoms with Crippen molar-refractivity contribution in [2.75, 3.05) is 6.54 Å². The largest absolute Gasteiger partial charge is 0.330 e. The fraction of sp³-hybridized carbons (Fsp3) is 1.00. The van der Waals surface area contributed by atoms with Crippen molar-refractivity contribution in [2.45, 2.75) is 40.0 Å². The molecule has 0 amide bonds. The van der Waals surface area contributed by atoms with Crippen LogP contribution in [0.15, 0.2) is 0 Å². The summed E-state index contributed by atoms with van der Waals surface area (Å²) < 4.78 is 0. The molecular formula is C11H23N. The van der Waals surface area contributed by atoms with Crippen LogP contribution in [-0.2, 0) is 0 Å². The van der Waals surface area contributed by atoms with E-state index in [-0.39, 0.29) is 0 Å². The maximum atomic E-state index is 5.66. The molecule has 1 nitrogen and oxygen atoms in total. The third kappa shape index (κ3) is 2.01. The quantitative estimate of drug-likeness (QED) is 0.672. The van der Waals surface area contributed by atoms with Crippen LogP contribution < -0.4 is 5.73 Å². The van der Waals surface area contributed by atoms with Gasteiger partial charge >= 0.3 is 0 Å². The van der Waals surface area contributed by atoms with Gasteiger partial charge in [-0.3, -0.25) is 0 Å². The Morgan fingerprint density at radius 2 is 2.00 bits per heavy atom. The molecule has 1 fully saturated rings. The first-order chi connectivity index (χ1) is 5.74. The summed E-state index contributed by atoms with van der Waals surface area (Å²) in [6.45, 7) is 7.92. The highest BCUT2D eigenvalue weighted by Crippen LogP contribution is 2.48.